The van der Waals surface area contributed by atoms with Gasteiger partial charge in [-0.3, -0.25) is 10.00 Å². The third kappa shape index (κ3) is 3.42. The number of nitrogens with one attached hydrogen (secondary N) is 1. The SMILES string of the molecule is c1cnc(N2CCOC[C@@]3(CCCN(Cc4ccn[nH]4)C3)C2)nc1. The molecular formula is C17H24N6O. The topological polar surface area (TPSA) is 70.2 Å². The standard InChI is InChI=1S/C17H24N6O/c1-4-17(12-22(8-1)11-15-3-7-20-21-15)13-23(9-10-24-14-17)16-18-5-2-6-19-16/h2-3,5-7H,1,4,8-14H2,(H,20,21)/t17-/m1/s1. The van der Waals surface area contributed by atoms with E-state index in [-0.39, 0.29) is 5.41 Å². The van der Waals surface area contributed by atoms with Crippen LogP contribution < -0.4 is 4.90 Å². The molecule has 2 aliphatic rings. The lowest BCUT2D eigenvalue weighted by molar-refractivity contribution is 0.0103. The van der Waals surface area contributed by atoms with Crippen molar-refractivity contribution in [3.05, 3.63) is 36.4 Å². The van der Waals surface area contributed by atoms with E-state index in [4.69, 9.17) is 4.74 Å². The van der Waals surface area contributed by atoms with Gasteiger partial charge in [-0.2, -0.15) is 5.10 Å². The maximum atomic E-state index is 5.98. The van der Waals surface area contributed by atoms with Crippen molar-refractivity contribution >= 4 is 5.95 Å². The quantitative estimate of drug-likeness (QED) is 0.916. The smallest absolute Gasteiger partial charge is 0.225 e. The molecule has 0 unspecified atom stereocenters. The van der Waals surface area contributed by atoms with E-state index in [0.717, 1.165) is 51.9 Å². The molecule has 24 heavy (non-hydrogen) atoms. The van der Waals surface area contributed by atoms with Crippen molar-refractivity contribution in [3.8, 4) is 0 Å². The molecule has 4 rings (SSSR count). The van der Waals surface area contributed by atoms with Gasteiger partial charge in [0.15, 0.2) is 0 Å². The predicted octanol–water partition coefficient (Wildman–Crippen LogP) is 1.32. The van der Waals surface area contributed by atoms with Gasteiger partial charge in [-0.05, 0) is 31.5 Å². The first kappa shape index (κ1) is 15.5. The zero-order chi connectivity index (χ0) is 16.2. The molecule has 0 amide bonds. The van der Waals surface area contributed by atoms with Crippen LogP contribution in [0.15, 0.2) is 30.7 Å². The van der Waals surface area contributed by atoms with Crippen molar-refractivity contribution in [3.63, 3.8) is 0 Å². The zero-order valence-electron chi connectivity index (χ0n) is 13.9. The second-order valence-corrected chi connectivity index (χ2v) is 6.92. The van der Waals surface area contributed by atoms with E-state index in [1.807, 2.05) is 24.7 Å². The average molecular weight is 328 g/mol. The number of aromatic amines is 1. The van der Waals surface area contributed by atoms with Crippen molar-refractivity contribution in [2.24, 2.45) is 5.41 Å². The summed E-state index contributed by atoms with van der Waals surface area (Å²) in [5.41, 5.74) is 1.32. The Balaban J connectivity index is 1.49. The van der Waals surface area contributed by atoms with Crippen molar-refractivity contribution in [1.29, 1.82) is 0 Å². The first-order valence-electron chi connectivity index (χ1n) is 8.63. The highest BCUT2D eigenvalue weighted by atomic mass is 16.5. The van der Waals surface area contributed by atoms with Crippen LogP contribution in [-0.4, -0.2) is 64.5 Å². The molecule has 0 aromatic carbocycles. The van der Waals surface area contributed by atoms with E-state index in [1.54, 1.807) is 0 Å². The molecule has 0 aliphatic carbocycles. The Labute approximate surface area is 142 Å². The molecule has 0 bridgehead atoms. The third-order valence-corrected chi connectivity index (χ3v) is 4.97. The molecule has 2 saturated heterocycles. The lowest BCUT2D eigenvalue weighted by Gasteiger charge is -2.43. The molecule has 1 N–H and O–H groups in total. The van der Waals surface area contributed by atoms with Gasteiger partial charge in [-0.25, -0.2) is 9.97 Å². The Kier molecular flexibility index (Phi) is 4.44. The monoisotopic (exact) mass is 328 g/mol. The summed E-state index contributed by atoms with van der Waals surface area (Å²) >= 11 is 0. The third-order valence-electron chi connectivity index (χ3n) is 4.97. The largest absolute Gasteiger partial charge is 0.379 e. The Morgan fingerprint density at radius 2 is 2.08 bits per heavy atom. The van der Waals surface area contributed by atoms with E-state index in [0.29, 0.717) is 0 Å². The van der Waals surface area contributed by atoms with Gasteiger partial charge in [-0.1, -0.05) is 0 Å². The summed E-state index contributed by atoms with van der Waals surface area (Å²) in [6, 6.07) is 3.91. The molecule has 2 aromatic rings. The highest BCUT2D eigenvalue weighted by molar-refractivity contribution is 5.29. The lowest BCUT2D eigenvalue weighted by Crippen LogP contribution is -2.50. The molecular weight excluding hydrogens is 304 g/mol. The number of hydrogen-bond acceptors (Lipinski definition) is 6. The summed E-state index contributed by atoms with van der Waals surface area (Å²) < 4.78 is 5.98. The summed E-state index contributed by atoms with van der Waals surface area (Å²) in [5.74, 6) is 0.813. The molecule has 128 valence electrons. The van der Waals surface area contributed by atoms with Gasteiger partial charge < -0.3 is 9.64 Å². The fraction of sp³-hybridized carbons (Fsp3) is 0.588. The molecule has 0 saturated carbocycles. The van der Waals surface area contributed by atoms with Gasteiger partial charge in [0.2, 0.25) is 5.95 Å². The maximum absolute atomic E-state index is 5.98. The van der Waals surface area contributed by atoms with Crippen LogP contribution in [0, 0.1) is 5.41 Å². The van der Waals surface area contributed by atoms with Crippen molar-refractivity contribution in [2.45, 2.75) is 19.4 Å². The predicted molar refractivity (Wildman–Crippen MR) is 90.6 cm³/mol. The number of hydrogen-bond donors (Lipinski definition) is 1. The highest BCUT2D eigenvalue weighted by Crippen LogP contribution is 2.34. The van der Waals surface area contributed by atoms with E-state index in [9.17, 15) is 0 Å². The average Bonchev–Trinajstić information content (AvgIpc) is 3.03. The number of anilines is 1. The minimum Gasteiger partial charge on any atom is -0.379 e. The number of rotatable bonds is 3. The minimum atomic E-state index is 0.147. The summed E-state index contributed by atoms with van der Waals surface area (Å²) in [5, 5.41) is 7.13. The molecule has 1 atom stereocenters. The highest BCUT2D eigenvalue weighted by Gasteiger charge is 2.39. The minimum absolute atomic E-state index is 0.147. The van der Waals surface area contributed by atoms with E-state index in [1.165, 1.54) is 18.5 Å². The number of H-pyrrole nitrogens is 1. The van der Waals surface area contributed by atoms with Gasteiger partial charge >= 0.3 is 0 Å². The Morgan fingerprint density at radius 1 is 1.17 bits per heavy atom. The van der Waals surface area contributed by atoms with E-state index >= 15 is 0 Å². The molecule has 2 aromatic heterocycles. The molecule has 7 nitrogen and oxygen atoms in total. The van der Waals surface area contributed by atoms with Crippen molar-refractivity contribution < 1.29 is 4.74 Å². The fourth-order valence-corrected chi connectivity index (χ4v) is 3.92. The van der Waals surface area contributed by atoms with Crippen molar-refractivity contribution in [1.82, 2.24) is 25.1 Å². The van der Waals surface area contributed by atoms with Crippen LogP contribution in [0.1, 0.15) is 18.5 Å². The molecule has 0 radical (unpaired) electrons. The van der Waals surface area contributed by atoms with Crippen molar-refractivity contribution in [2.75, 3.05) is 44.3 Å². The number of aromatic nitrogens is 4. The lowest BCUT2D eigenvalue weighted by atomic mass is 9.80. The summed E-state index contributed by atoms with van der Waals surface area (Å²) in [4.78, 5) is 13.7. The maximum Gasteiger partial charge on any atom is 0.225 e. The van der Waals surface area contributed by atoms with Gasteiger partial charge in [0.25, 0.3) is 0 Å². The number of piperidine rings is 1. The molecule has 2 aliphatic heterocycles. The summed E-state index contributed by atoms with van der Waals surface area (Å²) in [6.07, 6.45) is 7.83. The van der Waals surface area contributed by atoms with Gasteiger partial charge in [0.1, 0.15) is 0 Å². The summed E-state index contributed by atoms with van der Waals surface area (Å²) in [6.45, 7) is 6.45. The van der Waals surface area contributed by atoms with Gasteiger partial charge in [0.05, 0.1) is 13.2 Å². The molecule has 2 fully saturated rings. The van der Waals surface area contributed by atoms with E-state index in [2.05, 4.69) is 36.0 Å². The Hall–Kier alpha value is -1.99. The number of ether oxygens (including phenoxy) is 1. The van der Waals surface area contributed by atoms with Crippen LogP contribution in [0.25, 0.3) is 0 Å². The van der Waals surface area contributed by atoms with E-state index < -0.39 is 0 Å². The Bertz CT molecular complexity index is 634. The van der Waals surface area contributed by atoms with Crippen LogP contribution in [0.3, 0.4) is 0 Å². The number of likely N-dealkylation sites (tertiary alicyclic amines) is 1. The second kappa shape index (κ2) is 6.86. The van der Waals surface area contributed by atoms with Gasteiger partial charge in [0, 0.05) is 55.9 Å². The van der Waals surface area contributed by atoms with Gasteiger partial charge in [-0.15, -0.1) is 0 Å². The van der Waals surface area contributed by atoms with Crippen LogP contribution >= 0.6 is 0 Å². The molecule has 1 spiro atoms. The van der Waals surface area contributed by atoms with Crippen LogP contribution in [-0.2, 0) is 11.3 Å². The first-order chi connectivity index (χ1) is 11.8. The normalized spacial score (nSPS) is 25.8. The van der Waals surface area contributed by atoms with Crippen LogP contribution in [0.2, 0.25) is 0 Å². The second-order valence-electron chi connectivity index (χ2n) is 6.92. The fourth-order valence-electron chi connectivity index (χ4n) is 3.92. The Morgan fingerprint density at radius 3 is 2.92 bits per heavy atom. The molecule has 7 heteroatoms. The van der Waals surface area contributed by atoms with Crippen LogP contribution in [0.5, 0.6) is 0 Å². The zero-order valence-corrected chi connectivity index (χ0v) is 13.9. The number of nitrogens with zero attached hydrogens (tertiary/aromatic N) is 5. The summed E-state index contributed by atoms with van der Waals surface area (Å²) in [7, 11) is 0. The molecule has 4 heterocycles. The van der Waals surface area contributed by atoms with Crippen LogP contribution in [0.4, 0.5) is 5.95 Å². The first-order valence-corrected chi connectivity index (χ1v) is 8.63.